The first-order valence-corrected chi connectivity index (χ1v) is 3.18. The van der Waals surface area contributed by atoms with E-state index in [9.17, 15) is 4.79 Å². The van der Waals surface area contributed by atoms with Crippen molar-refractivity contribution < 1.29 is 4.79 Å². The van der Waals surface area contributed by atoms with Crippen LogP contribution in [0.15, 0.2) is 0 Å². The van der Waals surface area contributed by atoms with Crippen molar-refractivity contribution >= 4 is 41.1 Å². The van der Waals surface area contributed by atoms with Crippen LogP contribution < -0.4 is 0 Å². The van der Waals surface area contributed by atoms with Crippen LogP contribution in [0.25, 0.3) is 0 Å². The zero-order chi connectivity index (χ0) is 6.78. The van der Waals surface area contributed by atoms with E-state index in [1.165, 1.54) is 0 Å². The standard InChI is InChI=1S/C4H5Cl3O/c1-3(5)4(6,7)2-8/h2-3H,1H3/t3-/m1/s1. The molecule has 0 N–H and O–H groups in total. The molecule has 0 aliphatic rings. The highest BCUT2D eigenvalue weighted by atomic mass is 35.5. The molecule has 8 heavy (non-hydrogen) atoms. The van der Waals surface area contributed by atoms with Gasteiger partial charge < -0.3 is 0 Å². The molecular weight excluding hydrogens is 170 g/mol. The average Bonchev–Trinajstić information content (AvgIpc) is 1.67. The zero-order valence-electron chi connectivity index (χ0n) is 4.20. The lowest BCUT2D eigenvalue weighted by Gasteiger charge is -2.12. The molecule has 0 radical (unpaired) electrons. The fourth-order valence-corrected chi connectivity index (χ4v) is 0.145. The molecule has 0 saturated heterocycles. The van der Waals surface area contributed by atoms with Crippen LogP contribution in [0.1, 0.15) is 6.92 Å². The molecule has 0 aromatic rings. The Morgan fingerprint density at radius 3 is 2.00 bits per heavy atom. The van der Waals surface area contributed by atoms with Gasteiger partial charge in [-0.2, -0.15) is 0 Å². The molecule has 48 valence electrons. The Kier molecular flexibility index (Phi) is 3.10. The van der Waals surface area contributed by atoms with E-state index < -0.39 is 9.71 Å². The number of carbonyl (C=O) groups excluding carboxylic acids is 1. The number of hydrogen-bond donors (Lipinski definition) is 0. The van der Waals surface area contributed by atoms with E-state index in [4.69, 9.17) is 34.8 Å². The quantitative estimate of drug-likeness (QED) is 0.463. The number of halogens is 3. The molecule has 0 unspecified atom stereocenters. The summed E-state index contributed by atoms with van der Waals surface area (Å²) in [7, 11) is 0. The summed E-state index contributed by atoms with van der Waals surface area (Å²) in [6, 6.07) is 0. The van der Waals surface area contributed by atoms with Crippen LogP contribution in [0.4, 0.5) is 0 Å². The van der Waals surface area contributed by atoms with Gasteiger partial charge in [0.1, 0.15) is 0 Å². The van der Waals surface area contributed by atoms with Gasteiger partial charge in [0, 0.05) is 0 Å². The Bertz CT molecular complexity index is 89.3. The minimum atomic E-state index is -1.43. The minimum absolute atomic E-state index is 0.410. The van der Waals surface area contributed by atoms with Gasteiger partial charge in [-0.15, -0.1) is 11.6 Å². The predicted octanol–water partition coefficient (Wildman–Crippen LogP) is 1.99. The molecule has 0 heterocycles. The van der Waals surface area contributed by atoms with Crippen molar-refractivity contribution in [2.75, 3.05) is 0 Å². The molecule has 0 aliphatic heterocycles. The molecule has 0 spiro atoms. The lowest BCUT2D eigenvalue weighted by atomic mass is 10.3. The van der Waals surface area contributed by atoms with Crippen molar-refractivity contribution in [3.63, 3.8) is 0 Å². The van der Waals surface area contributed by atoms with Gasteiger partial charge in [-0.05, 0) is 6.92 Å². The van der Waals surface area contributed by atoms with Gasteiger partial charge in [-0.1, -0.05) is 23.2 Å². The average molecular weight is 175 g/mol. The van der Waals surface area contributed by atoms with Crippen molar-refractivity contribution in [1.29, 1.82) is 0 Å². The first kappa shape index (κ1) is 8.54. The van der Waals surface area contributed by atoms with Crippen LogP contribution in [0.3, 0.4) is 0 Å². The van der Waals surface area contributed by atoms with Crippen LogP contribution in [0.2, 0.25) is 0 Å². The van der Waals surface area contributed by atoms with Crippen LogP contribution in [0.5, 0.6) is 0 Å². The smallest absolute Gasteiger partial charge is 0.188 e. The maximum atomic E-state index is 9.92. The molecule has 0 aromatic carbocycles. The first-order chi connectivity index (χ1) is 3.50. The summed E-state index contributed by atoms with van der Waals surface area (Å²) in [5.74, 6) is 0. The Labute approximate surface area is 62.9 Å². The maximum Gasteiger partial charge on any atom is 0.188 e. The van der Waals surface area contributed by atoms with Crippen LogP contribution in [0, 0.1) is 0 Å². The number of rotatable bonds is 2. The lowest BCUT2D eigenvalue weighted by molar-refractivity contribution is -0.108. The summed E-state index contributed by atoms with van der Waals surface area (Å²) in [6.45, 7) is 1.55. The highest BCUT2D eigenvalue weighted by molar-refractivity contribution is 6.59. The number of alkyl halides is 3. The molecule has 0 saturated carbocycles. The van der Waals surface area contributed by atoms with E-state index in [0.717, 1.165) is 0 Å². The van der Waals surface area contributed by atoms with Gasteiger partial charge in [0.25, 0.3) is 0 Å². The predicted molar refractivity (Wildman–Crippen MR) is 35.8 cm³/mol. The van der Waals surface area contributed by atoms with E-state index in [-0.39, 0.29) is 0 Å². The van der Waals surface area contributed by atoms with E-state index in [1.807, 2.05) is 0 Å². The second-order valence-electron chi connectivity index (χ2n) is 1.41. The molecule has 0 rings (SSSR count). The van der Waals surface area contributed by atoms with Crippen LogP contribution >= 0.6 is 34.8 Å². The topological polar surface area (TPSA) is 17.1 Å². The van der Waals surface area contributed by atoms with Gasteiger partial charge in [0.15, 0.2) is 10.6 Å². The number of hydrogen-bond acceptors (Lipinski definition) is 1. The fraction of sp³-hybridized carbons (Fsp3) is 0.750. The second kappa shape index (κ2) is 2.90. The van der Waals surface area contributed by atoms with E-state index in [0.29, 0.717) is 6.29 Å². The Morgan fingerprint density at radius 2 is 2.00 bits per heavy atom. The summed E-state index contributed by atoms with van der Waals surface area (Å²) in [4.78, 5) is 9.92. The van der Waals surface area contributed by atoms with Crippen LogP contribution in [-0.4, -0.2) is 16.0 Å². The minimum Gasteiger partial charge on any atom is -0.300 e. The molecule has 0 bridgehead atoms. The first-order valence-electron chi connectivity index (χ1n) is 1.99. The summed E-state index contributed by atoms with van der Waals surface area (Å²) >= 11 is 16.0. The van der Waals surface area contributed by atoms with Crippen molar-refractivity contribution in [3.8, 4) is 0 Å². The Hall–Kier alpha value is 0.540. The van der Waals surface area contributed by atoms with E-state index in [1.54, 1.807) is 6.92 Å². The highest BCUT2D eigenvalue weighted by Gasteiger charge is 2.28. The molecule has 1 atom stereocenters. The Morgan fingerprint density at radius 1 is 1.62 bits per heavy atom. The van der Waals surface area contributed by atoms with Crippen LogP contribution in [-0.2, 0) is 4.79 Å². The van der Waals surface area contributed by atoms with Crippen molar-refractivity contribution in [2.45, 2.75) is 16.6 Å². The van der Waals surface area contributed by atoms with Gasteiger partial charge in [0.05, 0.1) is 5.38 Å². The molecule has 1 nitrogen and oxygen atoms in total. The monoisotopic (exact) mass is 174 g/mol. The summed E-state index contributed by atoms with van der Waals surface area (Å²) in [6.07, 6.45) is 0.410. The lowest BCUT2D eigenvalue weighted by Crippen LogP contribution is -2.24. The normalized spacial score (nSPS) is 15.5. The summed E-state index contributed by atoms with van der Waals surface area (Å²) < 4.78 is -1.43. The SMILES string of the molecule is C[C@@H](Cl)C(Cl)(Cl)C=O. The molecule has 4 heteroatoms. The van der Waals surface area contributed by atoms with Crippen molar-refractivity contribution in [3.05, 3.63) is 0 Å². The molecule has 0 aliphatic carbocycles. The third kappa shape index (κ3) is 2.21. The maximum absolute atomic E-state index is 9.92. The van der Waals surface area contributed by atoms with Gasteiger partial charge in [-0.3, -0.25) is 4.79 Å². The van der Waals surface area contributed by atoms with E-state index in [2.05, 4.69) is 0 Å². The summed E-state index contributed by atoms with van der Waals surface area (Å²) in [5, 5.41) is -0.552. The highest BCUT2D eigenvalue weighted by Crippen LogP contribution is 2.25. The van der Waals surface area contributed by atoms with Crippen molar-refractivity contribution in [1.82, 2.24) is 0 Å². The van der Waals surface area contributed by atoms with Gasteiger partial charge in [0.2, 0.25) is 0 Å². The van der Waals surface area contributed by atoms with Gasteiger partial charge >= 0.3 is 0 Å². The summed E-state index contributed by atoms with van der Waals surface area (Å²) in [5.41, 5.74) is 0. The molecule has 0 fully saturated rings. The second-order valence-corrected chi connectivity index (χ2v) is 3.51. The van der Waals surface area contributed by atoms with Gasteiger partial charge in [-0.25, -0.2) is 0 Å². The third-order valence-electron chi connectivity index (χ3n) is 0.687. The third-order valence-corrected chi connectivity index (χ3v) is 2.09. The van der Waals surface area contributed by atoms with E-state index >= 15 is 0 Å². The largest absolute Gasteiger partial charge is 0.300 e. The molecular formula is C4H5Cl3O. The molecule has 0 amide bonds. The fourth-order valence-electron chi connectivity index (χ4n) is 0.0938. The number of aldehydes is 1. The van der Waals surface area contributed by atoms with Crippen molar-refractivity contribution in [2.24, 2.45) is 0 Å². The number of carbonyl (C=O) groups is 1. The zero-order valence-corrected chi connectivity index (χ0v) is 6.46. The molecule has 0 aromatic heterocycles. The Balaban J connectivity index is 3.90.